The van der Waals surface area contributed by atoms with Crippen LogP contribution >= 0.6 is 0 Å². The molecule has 0 aromatic carbocycles. The van der Waals surface area contributed by atoms with Gasteiger partial charge in [0.25, 0.3) is 0 Å². The third kappa shape index (κ3) is 46.4. The van der Waals surface area contributed by atoms with Crippen molar-refractivity contribution >= 4 is 23.9 Å². The summed E-state index contributed by atoms with van der Waals surface area (Å²) in [5.41, 5.74) is 0. The Morgan fingerprint density at radius 2 is 0.795 bits per heavy atom. The van der Waals surface area contributed by atoms with Gasteiger partial charge in [-0.15, -0.1) is 0 Å². The van der Waals surface area contributed by atoms with E-state index in [2.05, 4.69) is 154 Å². The van der Waals surface area contributed by atoms with Gasteiger partial charge in [-0.2, -0.15) is 0 Å². The second kappa shape index (κ2) is 56.8. The number of carboxylic acid groups (broad SMARTS) is 1. The fraction of sp³-hybridized carbons (Fsp3) is 0.577. The van der Waals surface area contributed by atoms with Crippen LogP contribution in [-0.2, 0) is 42.9 Å². The van der Waals surface area contributed by atoms with Gasteiger partial charge in [-0.1, -0.05) is 224 Å². The molecule has 1 fully saturated rings. The maximum absolute atomic E-state index is 13.2. The molecular formula is C71H108O12. The van der Waals surface area contributed by atoms with E-state index in [1.807, 2.05) is 24.3 Å². The van der Waals surface area contributed by atoms with Crippen LogP contribution in [0.5, 0.6) is 0 Å². The first-order chi connectivity index (χ1) is 40.6. The van der Waals surface area contributed by atoms with E-state index in [0.29, 0.717) is 32.1 Å². The Balaban J connectivity index is 2.78. The topological polar surface area (TPSA) is 175 Å². The number of carbonyl (C=O) groups excluding carboxylic acids is 3. The molecule has 0 saturated carbocycles. The van der Waals surface area contributed by atoms with Crippen molar-refractivity contribution in [3.63, 3.8) is 0 Å². The Hall–Kier alpha value is -5.66. The summed E-state index contributed by atoms with van der Waals surface area (Å²) >= 11 is 0. The van der Waals surface area contributed by atoms with Gasteiger partial charge in [0, 0.05) is 19.3 Å². The van der Waals surface area contributed by atoms with Crippen LogP contribution in [0.15, 0.2) is 158 Å². The molecule has 0 amide bonds. The molecular weight excluding hydrogens is 1040 g/mol. The number of hydrogen-bond donors (Lipinski definition) is 3. The third-order valence-electron chi connectivity index (χ3n) is 13.1. The number of rotatable bonds is 51. The number of unbranched alkanes of at least 4 members (excludes halogenated alkanes) is 11. The van der Waals surface area contributed by atoms with Crippen LogP contribution in [0.2, 0.25) is 0 Å². The minimum Gasteiger partial charge on any atom is -0.479 e. The Kier molecular flexibility index (Phi) is 51.6. The number of carboxylic acids is 1. The van der Waals surface area contributed by atoms with Crippen molar-refractivity contribution in [2.75, 3.05) is 13.2 Å². The first-order valence-corrected chi connectivity index (χ1v) is 31.5. The van der Waals surface area contributed by atoms with Crippen molar-refractivity contribution in [1.82, 2.24) is 0 Å². The molecule has 1 saturated heterocycles. The molecule has 1 aliphatic heterocycles. The van der Waals surface area contributed by atoms with Gasteiger partial charge >= 0.3 is 23.9 Å². The van der Waals surface area contributed by atoms with Crippen molar-refractivity contribution in [2.24, 2.45) is 0 Å². The molecule has 0 bridgehead atoms. The summed E-state index contributed by atoms with van der Waals surface area (Å²) in [6.45, 7) is 5.62. The van der Waals surface area contributed by atoms with Gasteiger partial charge in [-0.05, 0) is 128 Å². The molecule has 0 aromatic heterocycles. The Bertz CT molecular complexity index is 2050. The maximum Gasteiger partial charge on any atom is 0.335 e. The summed E-state index contributed by atoms with van der Waals surface area (Å²) in [5, 5.41) is 31.6. The summed E-state index contributed by atoms with van der Waals surface area (Å²) in [6, 6.07) is 0. The lowest BCUT2D eigenvalue weighted by atomic mass is 9.98. The summed E-state index contributed by atoms with van der Waals surface area (Å²) in [5.74, 6) is -3.35. The van der Waals surface area contributed by atoms with E-state index in [1.54, 1.807) is 0 Å². The third-order valence-corrected chi connectivity index (χ3v) is 13.1. The highest BCUT2D eigenvalue weighted by Gasteiger charge is 2.50. The lowest BCUT2D eigenvalue weighted by Crippen LogP contribution is -2.61. The summed E-state index contributed by atoms with van der Waals surface area (Å²) in [6.07, 6.45) is 70.8. The monoisotopic (exact) mass is 1150 g/mol. The second-order valence-corrected chi connectivity index (χ2v) is 20.6. The summed E-state index contributed by atoms with van der Waals surface area (Å²) in [7, 11) is 0. The van der Waals surface area contributed by atoms with E-state index in [1.165, 1.54) is 19.3 Å². The number of allylic oxidation sites excluding steroid dienone is 26. The van der Waals surface area contributed by atoms with Crippen LogP contribution in [0.1, 0.15) is 213 Å². The van der Waals surface area contributed by atoms with Crippen molar-refractivity contribution in [2.45, 2.75) is 250 Å². The van der Waals surface area contributed by atoms with Crippen LogP contribution in [0.3, 0.4) is 0 Å². The summed E-state index contributed by atoms with van der Waals surface area (Å²) in [4.78, 5) is 51.2. The van der Waals surface area contributed by atoms with E-state index in [4.69, 9.17) is 23.7 Å². The minimum atomic E-state index is -1.93. The van der Waals surface area contributed by atoms with Crippen LogP contribution < -0.4 is 0 Å². The van der Waals surface area contributed by atoms with Crippen LogP contribution in [0.25, 0.3) is 0 Å². The standard InChI is InChI=1S/C71H108O12/c1-4-7-10-13-16-19-22-25-28-31-32-35-36-39-42-45-48-51-54-57-63(72)79-60-62(81-64(73)58-55-52-49-46-43-40-37-33-29-26-23-20-17-14-11-8-5-2)61-80-71-69(67(76)66(75)68(83-71)70(77)78)82-65(74)59-56-53-50-47-44-41-38-34-30-27-24-21-18-15-12-9-6-3/h7-8,10-11,16-21,25-30,32,35,37,39-40,42,46,48-49,51,62,66-69,71,75-76H,4-6,9,12-15,22-24,31,33-34,36,38,41,43-45,47,50,52-61H2,1-3H3,(H,77,78)/b10-7-,11-8-,19-16-,20-17-,21-18-,28-25-,29-26-,30-27-,35-32-,40-37-,42-39-,49-46-,51-48-. The zero-order valence-corrected chi connectivity index (χ0v) is 51.1. The number of esters is 3. The molecule has 1 rings (SSSR count). The number of aliphatic hydroxyl groups excluding tert-OH is 2. The SMILES string of the molecule is CC/C=C\C/C=C\C/C=C\C/C=C\C/C=C\C/C=C\CCC(=O)OCC(COC1OC(C(=O)O)C(O)C(O)C1OC(=O)CCCCCCCCC/C=C\C/C=C\CCCCC)OC(=O)CCC/C=C\C/C=C\C/C=C\C/C=C\C/C=C\CC. The fourth-order valence-electron chi connectivity index (χ4n) is 8.34. The van der Waals surface area contributed by atoms with Crippen LogP contribution in [-0.4, -0.2) is 89.2 Å². The van der Waals surface area contributed by atoms with Gasteiger partial charge in [0.1, 0.15) is 18.8 Å². The molecule has 12 nitrogen and oxygen atoms in total. The van der Waals surface area contributed by atoms with Gasteiger partial charge < -0.3 is 39.0 Å². The lowest BCUT2D eigenvalue weighted by molar-refractivity contribution is -0.301. The molecule has 0 spiro atoms. The first-order valence-electron chi connectivity index (χ1n) is 31.5. The first kappa shape index (κ1) is 75.4. The molecule has 1 heterocycles. The van der Waals surface area contributed by atoms with Crippen LogP contribution in [0, 0.1) is 0 Å². The molecule has 464 valence electrons. The predicted molar refractivity (Wildman–Crippen MR) is 339 cm³/mol. The van der Waals surface area contributed by atoms with Gasteiger partial charge in [0.2, 0.25) is 0 Å². The number of hydrogen-bond acceptors (Lipinski definition) is 11. The highest BCUT2D eigenvalue weighted by molar-refractivity contribution is 5.74. The minimum absolute atomic E-state index is 0.0284. The molecule has 1 aliphatic rings. The van der Waals surface area contributed by atoms with E-state index in [-0.39, 0.29) is 25.9 Å². The average molecular weight is 1150 g/mol. The van der Waals surface area contributed by atoms with Crippen molar-refractivity contribution < 1.29 is 58.2 Å². The number of aliphatic carboxylic acids is 1. The number of ether oxygens (including phenoxy) is 5. The molecule has 3 N–H and O–H groups in total. The van der Waals surface area contributed by atoms with Crippen LogP contribution in [0.4, 0.5) is 0 Å². The molecule has 6 unspecified atom stereocenters. The molecule has 83 heavy (non-hydrogen) atoms. The average Bonchev–Trinajstić information content (AvgIpc) is 3.59. The van der Waals surface area contributed by atoms with E-state index in [9.17, 15) is 34.5 Å². The number of aliphatic hydroxyl groups is 2. The zero-order chi connectivity index (χ0) is 60.3. The zero-order valence-electron chi connectivity index (χ0n) is 51.1. The van der Waals surface area contributed by atoms with E-state index >= 15 is 0 Å². The maximum atomic E-state index is 13.2. The van der Waals surface area contributed by atoms with Crippen molar-refractivity contribution in [1.29, 1.82) is 0 Å². The molecule has 0 radical (unpaired) electrons. The van der Waals surface area contributed by atoms with E-state index < -0.39 is 67.3 Å². The Morgan fingerprint density at radius 1 is 0.410 bits per heavy atom. The van der Waals surface area contributed by atoms with Gasteiger partial charge in [0.05, 0.1) is 6.61 Å². The Labute approximate surface area is 501 Å². The largest absolute Gasteiger partial charge is 0.479 e. The van der Waals surface area contributed by atoms with Crippen molar-refractivity contribution in [3.8, 4) is 0 Å². The van der Waals surface area contributed by atoms with Gasteiger partial charge in [0.15, 0.2) is 24.6 Å². The smallest absolute Gasteiger partial charge is 0.335 e. The van der Waals surface area contributed by atoms with E-state index in [0.717, 1.165) is 122 Å². The molecule has 0 aromatic rings. The fourth-order valence-corrected chi connectivity index (χ4v) is 8.34. The normalized spacial score (nSPS) is 18.7. The Morgan fingerprint density at radius 3 is 1.24 bits per heavy atom. The summed E-state index contributed by atoms with van der Waals surface area (Å²) < 4.78 is 28.3. The highest BCUT2D eigenvalue weighted by atomic mass is 16.7. The second-order valence-electron chi connectivity index (χ2n) is 20.6. The highest BCUT2D eigenvalue weighted by Crippen LogP contribution is 2.26. The number of carbonyl (C=O) groups is 4. The quantitative estimate of drug-likeness (QED) is 0.0228. The van der Waals surface area contributed by atoms with Gasteiger partial charge in [-0.3, -0.25) is 14.4 Å². The molecule has 6 atom stereocenters. The molecule has 12 heteroatoms. The van der Waals surface area contributed by atoms with Gasteiger partial charge in [-0.25, -0.2) is 4.79 Å². The molecule has 0 aliphatic carbocycles. The lowest BCUT2D eigenvalue weighted by Gasteiger charge is -2.40. The predicted octanol–water partition coefficient (Wildman–Crippen LogP) is 16.9. The van der Waals surface area contributed by atoms with Crippen molar-refractivity contribution in [3.05, 3.63) is 158 Å².